The normalized spacial score (nSPS) is 12.5. The molecule has 0 aliphatic heterocycles. The van der Waals surface area contributed by atoms with Crippen molar-refractivity contribution >= 4 is 28.3 Å². The van der Waals surface area contributed by atoms with E-state index in [1.54, 1.807) is 6.07 Å². The molecular formula is C10H10BrClF3NO. The standard InChI is InChI=1S/C10H9BrF3NO.ClH/c1-2-9(15)6-3-7(11)5-8(4-6)16-10(12,13)14;/h2-5,9H,1,15H2;1H/t9-;/m0./s1. The van der Waals surface area contributed by atoms with Crippen LogP contribution in [0.25, 0.3) is 0 Å². The van der Waals surface area contributed by atoms with Crippen LogP contribution in [-0.2, 0) is 0 Å². The number of nitrogens with two attached hydrogens (primary N) is 1. The monoisotopic (exact) mass is 331 g/mol. The van der Waals surface area contributed by atoms with E-state index in [1.165, 1.54) is 18.2 Å². The molecule has 2 N–H and O–H groups in total. The van der Waals surface area contributed by atoms with E-state index < -0.39 is 12.4 Å². The molecule has 96 valence electrons. The van der Waals surface area contributed by atoms with E-state index >= 15 is 0 Å². The van der Waals surface area contributed by atoms with Crippen LogP contribution in [0.5, 0.6) is 5.75 Å². The molecule has 0 radical (unpaired) electrons. The van der Waals surface area contributed by atoms with Crippen molar-refractivity contribution in [3.63, 3.8) is 0 Å². The van der Waals surface area contributed by atoms with Gasteiger partial charge in [0, 0.05) is 10.5 Å². The Bertz CT molecular complexity index is 398. The van der Waals surface area contributed by atoms with Gasteiger partial charge in [0.15, 0.2) is 0 Å². The first kappa shape index (κ1) is 16.3. The zero-order chi connectivity index (χ0) is 12.3. The second-order valence-electron chi connectivity index (χ2n) is 3.03. The lowest BCUT2D eigenvalue weighted by atomic mass is 10.1. The van der Waals surface area contributed by atoms with Gasteiger partial charge in [0.2, 0.25) is 0 Å². The minimum atomic E-state index is -4.71. The molecule has 1 aromatic rings. The molecule has 0 spiro atoms. The smallest absolute Gasteiger partial charge is 0.406 e. The van der Waals surface area contributed by atoms with Gasteiger partial charge in [-0.15, -0.1) is 32.2 Å². The molecule has 0 aromatic heterocycles. The molecule has 0 aliphatic carbocycles. The highest BCUT2D eigenvalue weighted by atomic mass is 79.9. The fourth-order valence-electron chi connectivity index (χ4n) is 1.11. The first-order chi connectivity index (χ1) is 7.31. The van der Waals surface area contributed by atoms with Gasteiger partial charge in [-0.1, -0.05) is 22.0 Å². The van der Waals surface area contributed by atoms with Gasteiger partial charge in [-0.25, -0.2) is 0 Å². The predicted molar refractivity (Wildman–Crippen MR) is 65.2 cm³/mol. The molecule has 0 bridgehead atoms. The average Bonchev–Trinajstić information content (AvgIpc) is 2.12. The minimum Gasteiger partial charge on any atom is -0.406 e. The van der Waals surface area contributed by atoms with Crippen molar-refractivity contribution in [2.75, 3.05) is 0 Å². The molecule has 0 fully saturated rings. The SMILES string of the molecule is C=C[C@H](N)c1cc(Br)cc(OC(F)(F)F)c1.Cl. The van der Waals surface area contributed by atoms with Crippen molar-refractivity contribution in [2.45, 2.75) is 12.4 Å². The van der Waals surface area contributed by atoms with Crippen LogP contribution in [0.3, 0.4) is 0 Å². The number of ether oxygens (including phenoxy) is 1. The number of halogens is 5. The van der Waals surface area contributed by atoms with E-state index in [0.717, 1.165) is 0 Å². The van der Waals surface area contributed by atoms with E-state index in [2.05, 4.69) is 27.2 Å². The van der Waals surface area contributed by atoms with E-state index in [-0.39, 0.29) is 18.2 Å². The van der Waals surface area contributed by atoms with Crippen LogP contribution in [0.15, 0.2) is 35.3 Å². The molecule has 1 aromatic carbocycles. The zero-order valence-corrected chi connectivity index (χ0v) is 10.9. The molecule has 1 rings (SSSR count). The molecule has 0 unspecified atom stereocenters. The van der Waals surface area contributed by atoms with E-state index in [4.69, 9.17) is 5.73 Å². The molecule has 0 aliphatic rings. The van der Waals surface area contributed by atoms with Gasteiger partial charge in [0.05, 0.1) is 0 Å². The summed E-state index contributed by atoms with van der Waals surface area (Å²) in [6, 6.07) is 3.51. The van der Waals surface area contributed by atoms with Crippen molar-refractivity contribution in [3.05, 3.63) is 40.9 Å². The third-order valence-corrected chi connectivity index (χ3v) is 2.22. The molecule has 17 heavy (non-hydrogen) atoms. The van der Waals surface area contributed by atoms with Crippen LogP contribution < -0.4 is 10.5 Å². The lowest BCUT2D eigenvalue weighted by Crippen LogP contribution is -2.17. The van der Waals surface area contributed by atoms with Crippen LogP contribution in [0.2, 0.25) is 0 Å². The number of benzene rings is 1. The first-order valence-corrected chi connectivity index (χ1v) is 5.05. The van der Waals surface area contributed by atoms with E-state index in [0.29, 0.717) is 10.0 Å². The van der Waals surface area contributed by atoms with E-state index in [1.807, 2.05) is 0 Å². The Morgan fingerprint density at radius 1 is 1.35 bits per heavy atom. The fourth-order valence-corrected chi connectivity index (χ4v) is 1.60. The summed E-state index contributed by atoms with van der Waals surface area (Å²) in [5.41, 5.74) is 6.11. The molecule has 0 heterocycles. The van der Waals surface area contributed by atoms with Crippen molar-refractivity contribution in [2.24, 2.45) is 5.73 Å². The summed E-state index contributed by atoms with van der Waals surface area (Å²) in [5, 5.41) is 0. The summed E-state index contributed by atoms with van der Waals surface area (Å²) < 4.78 is 40.3. The van der Waals surface area contributed by atoms with Gasteiger partial charge in [0.25, 0.3) is 0 Å². The summed E-state index contributed by atoms with van der Waals surface area (Å²) in [5.74, 6) is -0.311. The molecule has 0 amide bonds. The first-order valence-electron chi connectivity index (χ1n) is 4.26. The van der Waals surface area contributed by atoms with Gasteiger partial charge in [-0.05, 0) is 23.8 Å². The predicted octanol–water partition coefficient (Wildman–Crippen LogP) is 3.96. The Balaban J connectivity index is 0.00000256. The maximum absolute atomic E-state index is 12.0. The molecule has 7 heteroatoms. The Hall–Kier alpha value is -0.720. The zero-order valence-electron chi connectivity index (χ0n) is 8.50. The van der Waals surface area contributed by atoms with Crippen molar-refractivity contribution in [3.8, 4) is 5.75 Å². The maximum atomic E-state index is 12.0. The third-order valence-electron chi connectivity index (χ3n) is 1.77. The highest BCUT2D eigenvalue weighted by Crippen LogP contribution is 2.29. The number of hydrogen-bond donors (Lipinski definition) is 1. The Labute approximate surface area is 111 Å². The average molecular weight is 333 g/mol. The van der Waals surface area contributed by atoms with Gasteiger partial charge in [-0.3, -0.25) is 0 Å². The van der Waals surface area contributed by atoms with Crippen molar-refractivity contribution < 1.29 is 17.9 Å². The van der Waals surface area contributed by atoms with Gasteiger partial charge in [0.1, 0.15) is 5.75 Å². The van der Waals surface area contributed by atoms with Crippen LogP contribution in [0, 0.1) is 0 Å². The molecule has 0 saturated carbocycles. The lowest BCUT2D eigenvalue weighted by molar-refractivity contribution is -0.274. The Kier molecular flexibility index (Phi) is 6.01. The largest absolute Gasteiger partial charge is 0.573 e. The number of alkyl halides is 3. The molecule has 1 atom stereocenters. The highest BCUT2D eigenvalue weighted by Gasteiger charge is 2.31. The minimum absolute atomic E-state index is 0. The summed E-state index contributed by atoms with van der Waals surface area (Å²) >= 11 is 3.08. The third kappa shape index (κ3) is 5.43. The van der Waals surface area contributed by atoms with Gasteiger partial charge >= 0.3 is 6.36 Å². The molecule has 0 saturated heterocycles. The highest BCUT2D eigenvalue weighted by molar-refractivity contribution is 9.10. The second kappa shape index (κ2) is 6.28. The van der Waals surface area contributed by atoms with Gasteiger partial charge in [-0.2, -0.15) is 0 Å². The van der Waals surface area contributed by atoms with Gasteiger partial charge < -0.3 is 10.5 Å². The fraction of sp³-hybridized carbons (Fsp3) is 0.200. The topological polar surface area (TPSA) is 35.2 Å². The summed E-state index contributed by atoms with van der Waals surface area (Å²) in [6.07, 6.45) is -3.28. The van der Waals surface area contributed by atoms with Crippen LogP contribution in [-0.4, -0.2) is 6.36 Å². The lowest BCUT2D eigenvalue weighted by Gasteiger charge is -2.12. The molecule has 2 nitrogen and oxygen atoms in total. The maximum Gasteiger partial charge on any atom is 0.573 e. The van der Waals surface area contributed by atoms with Crippen LogP contribution >= 0.6 is 28.3 Å². The quantitative estimate of drug-likeness (QED) is 0.851. The van der Waals surface area contributed by atoms with E-state index in [9.17, 15) is 13.2 Å². The second-order valence-corrected chi connectivity index (χ2v) is 3.95. The van der Waals surface area contributed by atoms with Crippen molar-refractivity contribution in [1.29, 1.82) is 0 Å². The summed E-state index contributed by atoms with van der Waals surface area (Å²) in [4.78, 5) is 0. The summed E-state index contributed by atoms with van der Waals surface area (Å²) in [6.45, 7) is 3.47. The van der Waals surface area contributed by atoms with Crippen LogP contribution in [0.1, 0.15) is 11.6 Å². The Morgan fingerprint density at radius 2 is 1.94 bits per heavy atom. The summed E-state index contributed by atoms with van der Waals surface area (Å²) in [7, 11) is 0. The number of hydrogen-bond acceptors (Lipinski definition) is 2. The Morgan fingerprint density at radius 3 is 2.41 bits per heavy atom. The van der Waals surface area contributed by atoms with Crippen molar-refractivity contribution in [1.82, 2.24) is 0 Å². The molecular weight excluding hydrogens is 322 g/mol. The van der Waals surface area contributed by atoms with Crippen LogP contribution in [0.4, 0.5) is 13.2 Å². The number of rotatable bonds is 3.